The van der Waals surface area contributed by atoms with Gasteiger partial charge in [0.1, 0.15) is 18.1 Å². The van der Waals surface area contributed by atoms with E-state index in [0.29, 0.717) is 6.54 Å². The summed E-state index contributed by atoms with van der Waals surface area (Å²) in [4.78, 5) is 40.6. The summed E-state index contributed by atoms with van der Waals surface area (Å²) in [6.07, 6.45) is 0.736. The number of likely N-dealkylation sites (N-methyl/N-ethyl adjacent to an activating group) is 1. The van der Waals surface area contributed by atoms with Crippen molar-refractivity contribution in [3.8, 4) is 0 Å². The fourth-order valence-electron chi connectivity index (χ4n) is 4.62. The molecular formula is C25H30N4O3. The maximum Gasteiger partial charge on any atom is 0.249 e. The molecule has 2 aliphatic rings. The molecule has 0 bridgehead atoms. The standard InChI is InChI=1S/C25H30N4O3/c1-15(26-23(31)21-25(2,3)18-11-7-8-12-19(18)27-21)22(30)28-20-17-10-6-5-9-16(17)13-14-29(4)24(20)32/h5-12,15,20-21,27H,13-14H2,1-4H3,(H,26,31)(H,28,30)/t15-,20-,21+/m0/s1. The van der Waals surface area contributed by atoms with E-state index in [1.54, 1.807) is 18.9 Å². The molecule has 7 nitrogen and oxygen atoms in total. The lowest BCUT2D eigenvalue weighted by atomic mass is 9.80. The minimum atomic E-state index is -0.794. The number of hydrogen-bond donors (Lipinski definition) is 3. The molecule has 0 unspecified atom stereocenters. The molecule has 32 heavy (non-hydrogen) atoms. The molecule has 0 aromatic heterocycles. The number of carbonyl (C=O) groups is 3. The Hall–Kier alpha value is -3.35. The SMILES string of the molecule is C[C@H](NC(=O)[C@H]1Nc2ccccc2C1(C)C)C(=O)N[C@@H]1C(=O)N(C)CCc2ccccc21. The summed E-state index contributed by atoms with van der Waals surface area (Å²) >= 11 is 0. The summed E-state index contributed by atoms with van der Waals surface area (Å²) in [6.45, 7) is 6.26. The van der Waals surface area contributed by atoms with Gasteiger partial charge >= 0.3 is 0 Å². The van der Waals surface area contributed by atoms with Crippen molar-refractivity contribution in [1.82, 2.24) is 15.5 Å². The fraction of sp³-hybridized carbons (Fsp3) is 0.400. The zero-order chi connectivity index (χ0) is 23.0. The van der Waals surface area contributed by atoms with Gasteiger partial charge in [0, 0.05) is 24.7 Å². The second-order valence-electron chi connectivity index (χ2n) is 9.23. The van der Waals surface area contributed by atoms with Gasteiger partial charge in [0.2, 0.25) is 17.7 Å². The number of hydrogen-bond acceptors (Lipinski definition) is 4. The Morgan fingerprint density at radius 2 is 1.81 bits per heavy atom. The van der Waals surface area contributed by atoms with Crippen molar-refractivity contribution < 1.29 is 14.4 Å². The van der Waals surface area contributed by atoms with E-state index in [0.717, 1.165) is 28.8 Å². The first-order chi connectivity index (χ1) is 15.2. The van der Waals surface area contributed by atoms with Crippen LogP contribution in [0.4, 0.5) is 5.69 Å². The predicted molar refractivity (Wildman–Crippen MR) is 123 cm³/mol. The van der Waals surface area contributed by atoms with Crippen LogP contribution in [0.25, 0.3) is 0 Å². The van der Waals surface area contributed by atoms with Crippen molar-refractivity contribution in [1.29, 1.82) is 0 Å². The van der Waals surface area contributed by atoms with E-state index < -0.39 is 29.4 Å². The Balaban J connectivity index is 1.47. The van der Waals surface area contributed by atoms with Crippen molar-refractivity contribution in [2.24, 2.45) is 0 Å². The molecule has 0 saturated carbocycles. The predicted octanol–water partition coefficient (Wildman–Crippen LogP) is 2.13. The normalized spacial score (nSPS) is 22.1. The third-order valence-corrected chi connectivity index (χ3v) is 6.65. The second-order valence-corrected chi connectivity index (χ2v) is 9.23. The van der Waals surface area contributed by atoms with E-state index in [1.165, 1.54) is 0 Å². The number of nitrogens with zero attached hydrogens (tertiary/aromatic N) is 1. The zero-order valence-corrected chi connectivity index (χ0v) is 18.9. The van der Waals surface area contributed by atoms with Gasteiger partial charge in [-0.3, -0.25) is 14.4 Å². The summed E-state index contributed by atoms with van der Waals surface area (Å²) < 4.78 is 0. The first kappa shape index (κ1) is 21.9. The van der Waals surface area contributed by atoms with Crippen molar-refractivity contribution in [2.75, 3.05) is 18.9 Å². The van der Waals surface area contributed by atoms with Gasteiger partial charge in [-0.15, -0.1) is 0 Å². The third kappa shape index (κ3) is 3.83. The van der Waals surface area contributed by atoms with Crippen LogP contribution in [-0.4, -0.2) is 48.3 Å². The topological polar surface area (TPSA) is 90.5 Å². The smallest absolute Gasteiger partial charge is 0.249 e. The molecule has 168 valence electrons. The number of para-hydroxylation sites is 1. The fourth-order valence-corrected chi connectivity index (χ4v) is 4.62. The molecule has 3 atom stereocenters. The summed E-state index contributed by atoms with van der Waals surface area (Å²) in [6, 6.07) is 13.4. The van der Waals surface area contributed by atoms with Crippen LogP contribution in [0.5, 0.6) is 0 Å². The lowest BCUT2D eigenvalue weighted by Crippen LogP contribution is -2.54. The highest BCUT2D eigenvalue weighted by Gasteiger charge is 2.44. The molecule has 7 heteroatoms. The molecule has 0 fully saturated rings. The molecule has 2 aromatic carbocycles. The van der Waals surface area contributed by atoms with Gasteiger partial charge < -0.3 is 20.9 Å². The van der Waals surface area contributed by atoms with Crippen LogP contribution in [0, 0.1) is 0 Å². The van der Waals surface area contributed by atoms with Gasteiger partial charge in [0.05, 0.1) is 0 Å². The maximum absolute atomic E-state index is 13.1. The number of anilines is 1. The van der Waals surface area contributed by atoms with Gasteiger partial charge in [-0.25, -0.2) is 0 Å². The maximum atomic E-state index is 13.1. The highest BCUT2D eigenvalue weighted by Crippen LogP contribution is 2.40. The van der Waals surface area contributed by atoms with Crippen LogP contribution in [0.1, 0.15) is 43.5 Å². The van der Waals surface area contributed by atoms with E-state index in [-0.39, 0.29) is 11.8 Å². The minimum Gasteiger partial charge on any atom is -0.373 e. The number of benzene rings is 2. The highest BCUT2D eigenvalue weighted by atomic mass is 16.2. The second kappa shape index (κ2) is 8.30. The molecule has 0 radical (unpaired) electrons. The van der Waals surface area contributed by atoms with Crippen molar-refractivity contribution in [3.05, 3.63) is 65.2 Å². The summed E-state index contributed by atoms with van der Waals surface area (Å²) in [5, 5.41) is 8.97. The van der Waals surface area contributed by atoms with Gasteiger partial charge in [0.25, 0.3) is 0 Å². The van der Waals surface area contributed by atoms with Crippen LogP contribution in [0.15, 0.2) is 48.5 Å². The Morgan fingerprint density at radius 1 is 1.12 bits per heavy atom. The molecule has 4 rings (SSSR count). The number of nitrogens with one attached hydrogen (secondary N) is 3. The zero-order valence-electron chi connectivity index (χ0n) is 18.9. The van der Waals surface area contributed by atoms with Crippen LogP contribution >= 0.6 is 0 Å². The van der Waals surface area contributed by atoms with Gasteiger partial charge in [-0.05, 0) is 36.1 Å². The number of fused-ring (bicyclic) bond motifs is 2. The van der Waals surface area contributed by atoms with E-state index in [1.807, 2.05) is 62.4 Å². The molecular weight excluding hydrogens is 404 g/mol. The van der Waals surface area contributed by atoms with Crippen LogP contribution in [-0.2, 0) is 26.2 Å². The van der Waals surface area contributed by atoms with Gasteiger partial charge in [-0.1, -0.05) is 56.3 Å². The van der Waals surface area contributed by atoms with Crippen molar-refractivity contribution >= 4 is 23.4 Å². The molecule has 0 saturated heterocycles. The monoisotopic (exact) mass is 434 g/mol. The molecule has 0 spiro atoms. The lowest BCUT2D eigenvalue weighted by Gasteiger charge is -2.28. The third-order valence-electron chi connectivity index (χ3n) is 6.65. The largest absolute Gasteiger partial charge is 0.373 e. The van der Waals surface area contributed by atoms with E-state index >= 15 is 0 Å². The first-order valence-corrected chi connectivity index (χ1v) is 11.0. The summed E-state index contributed by atoms with van der Waals surface area (Å²) in [7, 11) is 1.74. The Kier molecular flexibility index (Phi) is 5.67. The van der Waals surface area contributed by atoms with E-state index in [4.69, 9.17) is 0 Å². The van der Waals surface area contributed by atoms with Crippen molar-refractivity contribution in [2.45, 2.75) is 50.7 Å². The molecule has 3 N–H and O–H groups in total. The molecule has 2 heterocycles. The summed E-state index contributed by atoms with van der Waals surface area (Å²) in [5.41, 5.74) is 3.43. The van der Waals surface area contributed by atoms with E-state index in [9.17, 15) is 14.4 Å². The van der Waals surface area contributed by atoms with Gasteiger partial charge in [0.15, 0.2) is 0 Å². The van der Waals surface area contributed by atoms with Crippen LogP contribution in [0.3, 0.4) is 0 Å². The molecule has 0 aliphatic carbocycles. The van der Waals surface area contributed by atoms with Crippen LogP contribution in [0.2, 0.25) is 0 Å². The number of amides is 3. The lowest BCUT2D eigenvalue weighted by molar-refractivity contribution is -0.136. The molecule has 3 amide bonds. The average Bonchev–Trinajstić information content (AvgIpc) is 2.99. The Morgan fingerprint density at radius 3 is 2.56 bits per heavy atom. The minimum absolute atomic E-state index is 0.157. The van der Waals surface area contributed by atoms with E-state index in [2.05, 4.69) is 16.0 Å². The first-order valence-electron chi connectivity index (χ1n) is 11.0. The summed E-state index contributed by atoms with van der Waals surface area (Å²) in [5.74, 6) is -0.801. The Labute approximate surface area is 188 Å². The molecule has 2 aromatic rings. The Bertz CT molecular complexity index is 1060. The van der Waals surface area contributed by atoms with Gasteiger partial charge in [-0.2, -0.15) is 0 Å². The van der Waals surface area contributed by atoms with Crippen molar-refractivity contribution in [3.63, 3.8) is 0 Å². The van der Waals surface area contributed by atoms with Crippen LogP contribution < -0.4 is 16.0 Å². The highest BCUT2D eigenvalue weighted by molar-refractivity contribution is 5.95. The molecule has 2 aliphatic heterocycles. The number of carbonyl (C=O) groups excluding carboxylic acids is 3. The number of rotatable bonds is 4. The quantitative estimate of drug-likeness (QED) is 0.688. The average molecular weight is 435 g/mol.